The molecule has 0 saturated heterocycles. The second-order valence-electron chi connectivity index (χ2n) is 4.37. The van der Waals surface area contributed by atoms with E-state index in [1.165, 1.54) is 12.1 Å². The van der Waals surface area contributed by atoms with Crippen LogP contribution in [0.1, 0.15) is 11.1 Å². The molecule has 0 aromatic heterocycles. The average Bonchev–Trinajstić information content (AvgIpc) is 2.38. The van der Waals surface area contributed by atoms with Crippen LogP contribution in [0.2, 0.25) is 5.02 Å². The van der Waals surface area contributed by atoms with Gasteiger partial charge in [-0.15, -0.1) is 0 Å². The van der Waals surface area contributed by atoms with Crippen molar-refractivity contribution in [3.8, 4) is 0 Å². The summed E-state index contributed by atoms with van der Waals surface area (Å²) in [6, 6.07) is 10.5. The average molecular weight is 356 g/mol. The van der Waals surface area contributed by atoms with Crippen LogP contribution in [0.5, 0.6) is 0 Å². The molecule has 0 heterocycles. The molecule has 20 heavy (non-hydrogen) atoms. The minimum atomic E-state index is -0.459. The van der Waals surface area contributed by atoms with Crippen molar-refractivity contribution in [3.05, 3.63) is 67.1 Å². The summed E-state index contributed by atoms with van der Waals surface area (Å²) in [4.78, 5) is 10.2. The standard InChI is InChI=1S/C14H12BrClN2O2/c1-9-2-5-14(12(15)6-9)17-8-10-3-4-11(18(19)20)7-13(10)16/h2-7,17H,8H2,1H3. The normalized spacial score (nSPS) is 10.3. The van der Waals surface area contributed by atoms with Crippen LogP contribution in [0, 0.1) is 17.0 Å². The number of benzene rings is 2. The smallest absolute Gasteiger partial charge is 0.270 e. The number of aryl methyl sites for hydroxylation is 1. The van der Waals surface area contributed by atoms with Crippen molar-refractivity contribution in [1.82, 2.24) is 0 Å². The number of nitrogens with zero attached hydrogens (tertiary/aromatic N) is 1. The van der Waals surface area contributed by atoms with Crippen molar-refractivity contribution >= 4 is 38.9 Å². The van der Waals surface area contributed by atoms with Gasteiger partial charge in [-0.2, -0.15) is 0 Å². The van der Waals surface area contributed by atoms with Gasteiger partial charge in [0.2, 0.25) is 0 Å². The van der Waals surface area contributed by atoms with Gasteiger partial charge in [-0.25, -0.2) is 0 Å². The molecular formula is C14H12BrClN2O2. The number of hydrogen-bond donors (Lipinski definition) is 1. The van der Waals surface area contributed by atoms with Crippen molar-refractivity contribution < 1.29 is 4.92 Å². The Bertz CT molecular complexity index is 662. The molecule has 1 N–H and O–H groups in total. The number of rotatable bonds is 4. The summed E-state index contributed by atoms with van der Waals surface area (Å²) in [6.07, 6.45) is 0. The number of nitrogens with one attached hydrogen (secondary N) is 1. The van der Waals surface area contributed by atoms with Gasteiger partial charge in [-0.1, -0.05) is 17.7 Å². The quantitative estimate of drug-likeness (QED) is 0.625. The predicted molar refractivity (Wildman–Crippen MR) is 84.3 cm³/mol. The first kappa shape index (κ1) is 14.8. The first-order valence-electron chi connectivity index (χ1n) is 5.90. The number of halogens is 2. The van der Waals surface area contributed by atoms with E-state index in [-0.39, 0.29) is 5.69 Å². The molecule has 0 amide bonds. The van der Waals surface area contributed by atoms with Gasteiger partial charge in [0.25, 0.3) is 5.69 Å². The molecule has 0 bridgehead atoms. The highest BCUT2D eigenvalue weighted by molar-refractivity contribution is 9.10. The minimum Gasteiger partial charge on any atom is -0.380 e. The number of non-ortho nitro benzene ring substituents is 1. The third kappa shape index (κ3) is 3.49. The molecule has 4 nitrogen and oxygen atoms in total. The second-order valence-corrected chi connectivity index (χ2v) is 5.63. The molecule has 0 unspecified atom stereocenters. The van der Waals surface area contributed by atoms with Crippen LogP contribution in [0.3, 0.4) is 0 Å². The molecule has 0 fully saturated rings. The molecule has 2 rings (SSSR count). The topological polar surface area (TPSA) is 55.2 Å². The molecule has 104 valence electrons. The Morgan fingerprint density at radius 3 is 2.65 bits per heavy atom. The van der Waals surface area contributed by atoms with Gasteiger partial charge in [0.1, 0.15) is 0 Å². The fourth-order valence-corrected chi connectivity index (χ4v) is 2.62. The van der Waals surface area contributed by atoms with E-state index in [2.05, 4.69) is 21.2 Å². The lowest BCUT2D eigenvalue weighted by atomic mass is 10.2. The summed E-state index contributed by atoms with van der Waals surface area (Å²) in [7, 11) is 0. The van der Waals surface area contributed by atoms with Gasteiger partial charge in [0.05, 0.1) is 9.95 Å². The van der Waals surface area contributed by atoms with E-state index < -0.39 is 4.92 Å². The number of hydrogen-bond acceptors (Lipinski definition) is 3. The summed E-state index contributed by atoms with van der Waals surface area (Å²) in [6.45, 7) is 2.51. The van der Waals surface area contributed by atoms with Crippen LogP contribution < -0.4 is 5.32 Å². The predicted octanol–water partition coefficient (Wildman–Crippen LogP) is 4.93. The zero-order valence-corrected chi connectivity index (χ0v) is 13.0. The molecular weight excluding hydrogens is 344 g/mol. The fourth-order valence-electron chi connectivity index (χ4n) is 1.75. The summed E-state index contributed by atoms with van der Waals surface area (Å²) in [5.41, 5.74) is 2.92. The lowest BCUT2D eigenvalue weighted by Crippen LogP contribution is -2.01. The molecule has 0 saturated carbocycles. The van der Waals surface area contributed by atoms with E-state index in [1.54, 1.807) is 6.07 Å². The molecule has 0 aliphatic heterocycles. The number of nitro benzene ring substituents is 1. The van der Waals surface area contributed by atoms with E-state index in [4.69, 9.17) is 11.6 Å². The largest absolute Gasteiger partial charge is 0.380 e. The van der Waals surface area contributed by atoms with E-state index in [1.807, 2.05) is 25.1 Å². The monoisotopic (exact) mass is 354 g/mol. The number of nitro groups is 1. The third-order valence-corrected chi connectivity index (χ3v) is 3.85. The van der Waals surface area contributed by atoms with Crippen LogP contribution in [-0.4, -0.2) is 4.92 Å². The molecule has 0 spiro atoms. The van der Waals surface area contributed by atoms with Gasteiger partial charge < -0.3 is 5.32 Å². The Morgan fingerprint density at radius 1 is 1.30 bits per heavy atom. The fraction of sp³-hybridized carbons (Fsp3) is 0.143. The van der Waals surface area contributed by atoms with Crippen LogP contribution in [0.15, 0.2) is 40.9 Å². The molecule has 0 aliphatic carbocycles. The molecule has 2 aromatic carbocycles. The van der Waals surface area contributed by atoms with Gasteiger partial charge in [-0.05, 0) is 52.2 Å². The lowest BCUT2D eigenvalue weighted by Gasteiger charge is -2.10. The highest BCUT2D eigenvalue weighted by Gasteiger charge is 2.09. The van der Waals surface area contributed by atoms with Gasteiger partial charge in [-0.3, -0.25) is 10.1 Å². The maximum absolute atomic E-state index is 10.6. The van der Waals surface area contributed by atoms with Crippen molar-refractivity contribution in [2.75, 3.05) is 5.32 Å². The summed E-state index contributed by atoms with van der Waals surface area (Å²) in [5.74, 6) is 0. The first-order chi connectivity index (χ1) is 9.47. The molecule has 0 aliphatic rings. The van der Waals surface area contributed by atoms with E-state index >= 15 is 0 Å². The Morgan fingerprint density at radius 2 is 2.05 bits per heavy atom. The Balaban J connectivity index is 2.13. The summed E-state index contributed by atoms with van der Waals surface area (Å²) >= 11 is 9.53. The maximum atomic E-state index is 10.6. The van der Waals surface area contributed by atoms with Crippen molar-refractivity contribution in [3.63, 3.8) is 0 Å². The van der Waals surface area contributed by atoms with Gasteiger partial charge in [0, 0.05) is 28.8 Å². The molecule has 2 aromatic rings. The van der Waals surface area contributed by atoms with Crippen LogP contribution >= 0.6 is 27.5 Å². The van der Waals surface area contributed by atoms with E-state index in [0.717, 1.165) is 21.3 Å². The highest BCUT2D eigenvalue weighted by Crippen LogP contribution is 2.26. The minimum absolute atomic E-state index is 0.00438. The van der Waals surface area contributed by atoms with E-state index in [9.17, 15) is 10.1 Å². The van der Waals surface area contributed by atoms with E-state index in [0.29, 0.717) is 11.6 Å². The Labute approximate surface area is 130 Å². The van der Waals surface area contributed by atoms with Crippen molar-refractivity contribution in [2.45, 2.75) is 13.5 Å². The second kappa shape index (κ2) is 6.24. The maximum Gasteiger partial charge on any atom is 0.270 e. The first-order valence-corrected chi connectivity index (χ1v) is 7.07. The van der Waals surface area contributed by atoms with Crippen LogP contribution in [-0.2, 0) is 6.54 Å². The number of anilines is 1. The Kier molecular flexibility index (Phi) is 4.62. The molecule has 6 heteroatoms. The summed E-state index contributed by atoms with van der Waals surface area (Å²) < 4.78 is 0.968. The van der Waals surface area contributed by atoms with Crippen LogP contribution in [0.4, 0.5) is 11.4 Å². The summed E-state index contributed by atoms with van der Waals surface area (Å²) in [5, 5.41) is 14.3. The van der Waals surface area contributed by atoms with Gasteiger partial charge in [0.15, 0.2) is 0 Å². The zero-order chi connectivity index (χ0) is 14.7. The van der Waals surface area contributed by atoms with Crippen LogP contribution in [0.25, 0.3) is 0 Å². The van der Waals surface area contributed by atoms with Crippen molar-refractivity contribution in [2.24, 2.45) is 0 Å². The molecule has 0 atom stereocenters. The third-order valence-electron chi connectivity index (χ3n) is 2.84. The molecule has 0 radical (unpaired) electrons. The SMILES string of the molecule is Cc1ccc(NCc2ccc([N+](=O)[O-])cc2Cl)c(Br)c1. The van der Waals surface area contributed by atoms with Crippen molar-refractivity contribution in [1.29, 1.82) is 0 Å². The Hall–Kier alpha value is -1.59. The van der Waals surface area contributed by atoms with Gasteiger partial charge >= 0.3 is 0 Å². The lowest BCUT2D eigenvalue weighted by molar-refractivity contribution is -0.384. The zero-order valence-electron chi connectivity index (χ0n) is 10.7. The highest BCUT2D eigenvalue weighted by atomic mass is 79.9.